The third kappa shape index (κ3) is 3.31. The van der Waals surface area contributed by atoms with Gasteiger partial charge in [0.05, 0.1) is 0 Å². The van der Waals surface area contributed by atoms with E-state index in [1.165, 1.54) is 5.69 Å². The van der Waals surface area contributed by atoms with E-state index in [4.69, 9.17) is 0 Å². The molecule has 0 atom stereocenters. The number of benzene rings is 2. The van der Waals surface area contributed by atoms with E-state index < -0.39 is 0 Å². The molecular weight excluding hydrogens is 284 g/mol. The smallest absolute Gasteiger partial charge is 0.229 e. The summed E-state index contributed by atoms with van der Waals surface area (Å²) in [7, 11) is 6.04. The number of anilines is 3. The topological polar surface area (TPSA) is 32.3 Å². The number of rotatable bonds is 4. The van der Waals surface area contributed by atoms with Gasteiger partial charge in [-0.05, 0) is 29.8 Å². The average Bonchev–Trinajstić information content (AvgIpc) is 2.62. The zero-order chi connectivity index (χ0) is 16.2. The van der Waals surface area contributed by atoms with Crippen molar-refractivity contribution < 1.29 is 0 Å². The van der Waals surface area contributed by atoms with E-state index in [1.54, 1.807) is 0 Å². The lowest BCUT2D eigenvalue weighted by Crippen LogP contribution is -2.12. The van der Waals surface area contributed by atoms with Gasteiger partial charge in [0.25, 0.3) is 0 Å². The summed E-state index contributed by atoms with van der Waals surface area (Å²) in [5.41, 5.74) is 4.37. The SMILES string of the molecule is CN(C)c1ccc(-c2cnc(N(C)c3ccccc3)nc2)cc1. The molecule has 116 valence electrons. The Kier molecular flexibility index (Phi) is 4.24. The lowest BCUT2D eigenvalue weighted by Gasteiger charge is -2.17. The van der Waals surface area contributed by atoms with Crippen LogP contribution in [0.5, 0.6) is 0 Å². The molecule has 0 N–H and O–H groups in total. The van der Waals surface area contributed by atoms with Gasteiger partial charge in [-0.1, -0.05) is 30.3 Å². The maximum atomic E-state index is 4.49. The van der Waals surface area contributed by atoms with Crippen LogP contribution < -0.4 is 9.80 Å². The first-order valence-corrected chi connectivity index (χ1v) is 7.54. The Balaban J connectivity index is 1.82. The first-order valence-electron chi connectivity index (χ1n) is 7.54. The molecule has 0 radical (unpaired) electrons. The zero-order valence-corrected chi connectivity index (χ0v) is 13.6. The van der Waals surface area contributed by atoms with Gasteiger partial charge in [0.1, 0.15) is 0 Å². The van der Waals surface area contributed by atoms with E-state index in [1.807, 2.05) is 68.8 Å². The van der Waals surface area contributed by atoms with Gasteiger partial charge in [-0.15, -0.1) is 0 Å². The van der Waals surface area contributed by atoms with E-state index in [0.717, 1.165) is 16.8 Å². The number of nitrogens with zero attached hydrogens (tertiary/aromatic N) is 4. The van der Waals surface area contributed by atoms with Crippen molar-refractivity contribution in [2.24, 2.45) is 0 Å². The molecule has 4 nitrogen and oxygen atoms in total. The van der Waals surface area contributed by atoms with Crippen molar-refractivity contribution in [2.75, 3.05) is 30.9 Å². The summed E-state index contributed by atoms with van der Waals surface area (Å²) in [4.78, 5) is 13.0. The molecule has 0 saturated carbocycles. The maximum absolute atomic E-state index is 4.49. The van der Waals surface area contributed by atoms with Crippen LogP contribution in [-0.4, -0.2) is 31.1 Å². The highest BCUT2D eigenvalue weighted by Gasteiger charge is 2.07. The molecule has 0 aliphatic heterocycles. The Bertz CT molecular complexity index is 750. The largest absolute Gasteiger partial charge is 0.378 e. The highest BCUT2D eigenvalue weighted by molar-refractivity contribution is 5.66. The summed E-state index contributed by atoms with van der Waals surface area (Å²) >= 11 is 0. The molecule has 0 spiro atoms. The van der Waals surface area contributed by atoms with Crippen LogP contribution in [0.15, 0.2) is 67.0 Å². The molecule has 3 aromatic rings. The molecule has 4 heteroatoms. The van der Waals surface area contributed by atoms with Crippen LogP contribution >= 0.6 is 0 Å². The van der Waals surface area contributed by atoms with E-state index in [9.17, 15) is 0 Å². The van der Waals surface area contributed by atoms with E-state index >= 15 is 0 Å². The van der Waals surface area contributed by atoms with E-state index in [2.05, 4.69) is 39.1 Å². The Morgan fingerprint density at radius 3 is 1.83 bits per heavy atom. The summed E-state index contributed by atoms with van der Waals surface area (Å²) in [6.45, 7) is 0. The Morgan fingerprint density at radius 1 is 0.652 bits per heavy atom. The lowest BCUT2D eigenvalue weighted by atomic mass is 10.1. The van der Waals surface area contributed by atoms with Crippen LogP contribution in [-0.2, 0) is 0 Å². The van der Waals surface area contributed by atoms with Gasteiger partial charge in [-0.2, -0.15) is 0 Å². The monoisotopic (exact) mass is 304 g/mol. The highest BCUT2D eigenvalue weighted by Crippen LogP contribution is 2.24. The number of hydrogen-bond acceptors (Lipinski definition) is 4. The first kappa shape index (κ1) is 15.0. The molecule has 3 rings (SSSR count). The third-order valence-corrected chi connectivity index (χ3v) is 3.80. The van der Waals surface area contributed by atoms with E-state index in [-0.39, 0.29) is 0 Å². The molecule has 0 bridgehead atoms. The average molecular weight is 304 g/mol. The second-order valence-corrected chi connectivity index (χ2v) is 5.61. The van der Waals surface area contributed by atoms with Crippen molar-refractivity contribution in [3.63, 3.8) is 0 Å². The molecule has 0 aliphatic carbocycles. The molecule has 0 saturated heterocycles. The number of para-hydroxylation sites is 1. The van der Waals surface area contributed by atoms with Crippen LogP contribution in [0.2, 0.25) is 0 Å². The van der Waals surface area contributed by atoms with Gasteiger partial charge in [0.15, 0.2) is 0 Å². The van der Waals surface area contributed by atoms with E-state index in [0.29, 0.717) is 5.95 Å². The fourth-order valence-electron chi connectivity index (χ4n) is 2.36. The fraction of sp³-hybridized carbons (Fsp3) is 0.158. The molecule has 1 heterocycles. The maximum Gasteiger partial charge on any atom is 0.229 e. The Hall–Kier alpha value is -2.88. The number of aromatic nitrogens is 2. The minimum absolute atomic E-state index is 0.685. The van der Waals surface area contributed by atoms with Crippen molar-refractivity contribution in [3.05, 3.63) is 67.0 Å². The molecule has 0 amide bonds. The molecule has 2 aromatic carbocycles. The molecule has 1 aromatic heterocycles. The van der Waals surface area contributed by atoms with Crippen molar-refractivity contribution in [1.29, 1.82) is 0 Å². The minimum Gasteiger partial charge on any atom is -0.378 e. The molecule has 0 unspecified atom stereocenters. The zero-order valence-electron chi connectivity index (χ0n) is 13.6. The number of hydrogen-bond donors (Lipinski definition) is 0. The fourth-order valence-corrected chi connectivity index (χ4v) is 2.36. The van der Waals surface area contributed by atoms with Gasteiger partial charge in [-0.3, -0.25) is 0 Å². The van der Waals surface area contributed by atoms with Gasteiger partial charge < -0.3 is 9.80 Å². The van der Waals surface area contributed by atoms with Crippen LogP contribution in [0.3, 0.4) is 0 Å². The lowest BCUT2D eigenvalue weighted by molar-refractivity contribution is 1.04. The third-order valence-electron chi connectivity index (χ3n) is 3.80. The summed E-state index contributed by atoms with van der Waals surface area (Å²) < 4.78 is 0. The normalized spacial score (nSPS) is 10.4. The second kappa shape index (κ2) is 6.48. The standard InChI is InChI=1S/C19H20N4/c1-22(2)17-11-9-15(10-12-17)16-13-20-19(21-14-16)23(3)18-7-5-4-6-8-18/h4-14H,1-3H3. The Labute approximate surface area is 137 Å². The minimum atomic E-state index is 0.685. The van der Waals surface area contributed by atoms with Crippen molar-refractivity contribution >= 4 is 17.3 Å². The summed E-state index contributed by atoms with van der Waals surface area (Å²) in [5, 5.41) is 0. The van der Waals surface area contributed by atoms with Crippen LogP contribution in [0.25, 0.3) is 11.1 Å². The predicted octanol–water partition coefficient (Wildman–Crippen LogP) is 3.98. The van der Waals surface area contributed by atoms with Crippen molar-refractivity contribution in [2.45, 2.75) is 0 Å². The van der Waals surface area contributed by atoms with Crippen LogP contribution in [0.1, 0.15) is 0 Å². The molecular formula is C19H20N4. The first-order chi connectivity index (χ1) is 11.1. The quantitative estimate of drug-likeness (QED) is 0.730. The van der Waals surface area contributed by atoms with Gasteiger partial charge >= 0.3 is 0 Å². The predicted molar refractivity (Wildman–Crippen MR) is 96.3 cm³/mol. The molecule has 0 fully saturated rings. The summed E-state index contributed by atoms with van der Waals surface area (Å²) in [5.74, 6) is 0.685. The van der Waals surface area contributed by atoms with Crippen LogP contribution in [0, 0.1) is 0 Å². The Morgan fingerprint density at radius 2 is 1.26 bits per heavy atom. The van der Waals surface area contributed by atoms with Crippen molar-refractivity contribution in [3.8, 4) is 11.1 Å². The van der Waals surface area contributed by atoms with Gasteiger partial charge in [-0.25, -0.2) is 9.97 Å². The molecule has 0 aliphatic rings. The molecule has 23 heavy (non-hydrogen) atoms. The summed E-state index contributed by atoms with van der Waals surface area (Å²) in [6, 6.07) is 18.5. The van der Waals surface area contributed by atoms with Gasteiger partial charge in [0.2, 0.25) is 5.95 Å². The van der Waals surface area contributed by atoms with Crippen LogP contribution in [0.4, 0.5) is 17.3 Å². The second-order valence-electron chi connectivity index (χ2n) is 5.61. The summed E-state index contributed by atoms with van der Waals surface area (Å²) in [6.07, 6.45) is 3.74. The van der Waals surface area contributed by atoms with Crippen molar-refractivity contribution in [1.82, 2.24) is 9.97 Å². The van der Waals surface area contributed by atoms with Gasteiger partial charge in [0, 0.05) is 50.5 Å². The highest BCUT2D eigenvalue weighted by atomic mass is 15.2.